The van der Waals surface area contributed by atoms with Crippen LogP contribution in [0.25, 0.3) is 0 Å². The van der Waals surface area contributed by atoms with Crippen molar-refractivity contribution in [1.29, 1.82) is 0 Å². The van der Waals surface area contributed by atoms with Crippen molar-refractivity contribution in [3.63, 3.8) is 0 Å². The zero-order valence-corrected chi connectivity index (χ0v) is 16.6. The summed E-state index contributed by atoms with van der Waals surface area (Å²) in [7, 11) is -2.17. The van der Waals surface area contributed by atoms with Crippen LogP contribution in [0.1, 0.15) is 37.8 Å². The smallest absolute Gasteiger partial charge is 0.326 e. The number of phenols is 1. The normalized spacial score (nSPS) is 21.6. The number of aromatic hydroxyl groups is 1. The number of halogens is 1. The maximum Gasteiger partial charge on any atom is 0.326 e. The average Bonchev–Trinajstić information content (AvgIpc) is 2.84. The van der Waals surface area contributed by atoms with Gasteiger partial charge in [0.25, 0.3) is 5.91 Å². The quantitative estimate of drug-likeness (QED) is 0.784. The molecule has 2 aliphatic rings. The van der Waals surface area contributed by atoms with E-state index in [1.807, 2.05) is 7.05 Å². The van der Waals surface area contributed by atoms with Crippen LogP contribution in [0.4, 0.5) is 10.1 Å². The van der Waals surface area contributed by atoms with Gasteiger partial charge in [-0.1, -0.05) is 13.8 Å². The van der Waals surface area contributed by atoms with Crippen LogP contribution in [0.3, 0.4) is 0 Å². The summed E-state index contributed by atoms with van der Waals surface area (Å²) in [5.74, 6) is -1.39. The molecule has 3 rings (SSSR count). The molecule has 1 aliphatic heterocycles. The van der Waals surface area contributed by atoms with E-state index >= 15 is 4.39 Å². The Morgan fingerprint density at radius 3 is 2.74 bits per heavy atom. The van der Waals surface area contributed by atoms with Gasteiger partial charge in [0, 0.05) is 6.04 Å². The Kier molecular flexibility index (Phi) is 5.36. The Hall–Kier alpha value is -1.87. The van der Waals surface area contributed by atoms with Gasteiger partial charge in [0.2, 0.25) is 0 Å². The monoisotopic (exact) mass is 399 g/mol. The predicted molar refractivity (Wildman–Crippen MR) is 100 cm³/mol. The highest BCUT2D eigenvalue weighted by atomic mass is 32.2. The second-order valence-electron chi connectivity index (χ2n) is 7.79. The van der Waals surface area contributed by atoms with Crippen LogP contribution in [-0.4, -0.2) is 50.5 Å². The molecule has 0 saturated carbocycles. The zero-order chi connectivity index (χ0) is 19.9. The topological polar surface area (TPSA) is 89.9 Å². The number of aryl methyl sites for hydroxylation is 1. The van der Waals surface area contributed by atoms with Crippen molar-refractivity contribution in [2.24, 2.45) is 5.92 Å². The van der Waals surface area contributed by atoms with Crippen LogP contribution in [0.5, 0.6) is 5.75 Å². The maximum atomic E-state index is 15.3. The number of benzene rings is 1. The number of phenolic OH excluding ortho intramolecular Hbond substituents is 1. The molecular formula is C18H26FN3O4S. The van der Waals surface area contributed by atoms with Crippen LogP contribution >= 0.6 is 0 Å². The lowest BCUT2D eigenvalue weighted by Crippen LogP contribution is -2.38. The molecule has 1 unspecified atom stereocenters. The number of hydrogen-bond donors (Lipinski definition) is 2. The molecule has 1 heterocycles. The van der Waals surface area contributed by atoms with E-state index in [9.17, 15) is 18.3 Å². The Labute approximate surface area is 159 Å². The standard InChI is InChI=1S/C18H26FN3O4S/c1-11(2)6-7-21(3)13-5-4-12-8-15(23)18(17(19)14(12)9-13)22-10-16(24)20-27(22,25)26/h8,11,13,23H,4-7,9-10H2,1-3H3,(H,20,24). The molecule has 9 heteroatoms. The van der Waals surface area contributed by atoms with Crippen LogP contribution in [0, 0.1) is 11.7 Å². The fraction of sp³-hybridized carbons (Fsp3) is 0.611. The van der Waals surface area contributed by atoms with E-state index in [1.165, 1.54) is 6.07 Å². The summed E-state index contributed by atoms with van der Waals surface area (Å²) >= 11 is 0. The molecule has 0 bridgehead atoms. The van der Waals surface area contributed by atoms with Gasteiger partial charge in [-0.15, -0.1) is 0 Å². The number of carbonyl (C=O) groups excluding carboxylic acids is 1. The largest absolute Gasteiger partial charge is 0.506 e. The number of hydrogen-bond acceptors (Lipinski definition) is 5. The molecule has 1 atom stereocenters. The Bertz CT molecular complexity index is 857. The SMILES string of the molecule is CC(C)CCN(C)C1CCc2cc(O)c(N3CC(=O)NS3(=O)=O)c(F)c2C1. The summed E-state index contributed by atoms with van der Waals surface area (Å²) in [4.78, 5) is 13.7. The number of fused-ring (bicyclic) bond motifs is 1. The summed E-state index contributed by atoms with van der Waals surface area (Å²) in [6, 6.07) is 1.58. The van der Waals surface area contributed by atoms with Gasteiger partial charge in [0.1, 0.15) is 18.0 Å². The van der Waals surface area contributed by atoms with E-state index in [2.05, 4.69) is 18.7 Å². The third-order valence-corrected chi connectivity index (χ3v) is 6.73. The first-order chi connectivity index (χ1) is 12.6. The van der Waals surface area contributed by atoms with Crippen molar-refractivity contribution in [2.45, 2.75) is 45.6 Å². The fourth-order valence-corrected chi connectivity index (χ4v) is 4.89. The molecule has 27 heavy (non-hydrogen) atoms. The third-order valence-electron chi connectivity index (χ3n) is 5.35. The number of rotatable bonds is 5. The molecule has 7 nitrogen and oxygen atoms in total. The van der Waals surface area contributed by atoms with Crippen molar-refractivity contribution < 1.29 is 22.7 Å². The summed E-state index contributed by atoms with van der Waals surface area (Å²) < 4.78 is 41.8. The van der Waals surface area contributed by atoms with Crippen molar-refractivity contribution >= 4 is 21.8 Å². The molecule has 1 fully saturated rings. The first-order valence-electron chi connectivity index (χ1n) is 9.17. The molecular weight excluding hydrogens is 373 g/mol. The highest BCUT2D eigenvalue weighted by molar-refractivity contribution is 7.92. The molecule has 2 N–H and O–H groups in total. The molecule has 1 aromatic carbocycles. The van der Waals surface area contributed by atoms with Crippen molar-refractivity contribution in [3.05, 3.63) is 23.0 Å². The first-order valence-corrected chi connectivity index (χ1v) is 10.6. The highest BCUT2D eigenvalue weighted by Gasteiger charge is 2.39. The summed E-state index contributed by atoms with van der Waals surface area (Å²) in [5, 5.41) is 10.3. The summed E-state index contributed by atoms with van der Waals surface area (Å²) in [6.07, 6.45) is 2.95. The first kappa shape index (κ1) is 19.9. The van der Waals surface area contributed by atoms with E-state index in [4.69, 9.17) is 0 Å². The van der Waals surface area contributed by atoms with Gasteiger partial charge in [-0.05, 0) is 62.4 Å². The van der Waals surface area contributed by atoms with Crippen molar-refractivity contribution in [1.82, 2.24) is 9.62 Å². The minimum absolute atomic E-state index is 0.151. The molecule has 1 aliphatic carbocycles. The Morgan fingerprint density at radius 1 is 1.44 bits per heavy atom. The van der Waals surface area contributed by atoms with Crippen LogP contribution in [0.2, 0.25) is 0 Å². The van der Waals surface area contributed by atoms with Gasteiger partial charge >= 0.3 is 10.2 Å². The second-order valence-corrected chi connectivity index (χ2v) is 9.39. The molecule has 0 aromatic heterocycles. The van der Waals surface area contributed by atoms with Crippen molar-refractivity contribution in [3.8, 4) is 5.75 Å². The summed E-state index contributed by atoms with van der Waals surface area (Å²) in [6.45, 7) is 4.68. The average molecular weight is 399 g/mol. The third kappa shape index (κ3) is 3.89. The number of likely N-dealkylation sites (N-methyl/N-ethyl adjacent to an activating group) is 1. The molecule has 1 saturated heterocycles. The van der Waals surface area contributed by atoms with E-state index in [-0.39, 0.29) is 6.04 Å². The minimum Gasteiger partial charge on any atom is -0.506 e. The molecule has 1 amide bonds. The van der Waals surface area contributed by atoms with Gasteiger partial charge in [-0.25, -0.2) is 13.4 Å². The molecule has 0 radical (unpaired) electrons. The lowest BCUT2D eigenvalue weighted by atomic mass is 9.86. The second kappa shape index (κ2) is 7.27. The number of anilines is 1. The van der Waals surface area contributed by atoms with Crippen molar-refractivity contribution in [2.75, 3.05) is 24.4 Å². The number of nitrogens with zero attached hydrogens (tertiary/aromatic N) is 2. The fourth-order valence-electron chi connectivity index (χ4n) is 3.72. The maximum absolute atomic E-state index is 15.3. The molecule has 150 valence electrons. The molecule has 1 aromatic rings. The van der Waals surface area contributed by atoms with Crippen LogP contribution in [0.15, 0.2) is 6.07 Å². The number of nitrogens with one attached hydrogen (secondary N) is 1. The van der Waals surface area contributed by atoms with Gasteiger partial charge in [0.15, 0.2) is 5.82 Å². The lowest BCUT2D eigenvalue weighted by Gasteiger charge is -2.34. The molecule has 0 spiro atoms. The predicted octanol–water partition coefficient (Wildman–Crippen LogP) is 1.55. The van der Waals surface area contributed by atoms with Gasteiger partial charge in [-0.2, -0.15) is 8.42 Å². The van der Waals surface area contributed by atoms with Gasteiger partial charge in [-0.3, -0.25) is 4.79 Å². The van der Waals surface area contributed by atoms with E-state index in [0.29, 0.717) is 34.2 Å². The minimum atomic E-state index is -4.19. The zero-order valence-electron chi connectivity index (χ0n) is 15.8. The van der Waals surface area contributed by atoms with E-state index in [0.717, 1.165) is 19.4 Å². The van der Waals surface area contributed by atoms with Gasteiger partial charge < -0.3 is 10.0 Å². The Balaban J connectivity index is 1.91. The van der Waals surface area contributed by atoms with E-state index in [1.54, 1.807) is 4.72 Å². The summed E-state index contributed by atoms with van der Waals surface area (Å²) in [5.41, 5.74) is 0.667. The van der Waals surface area contributed by atoms with Gasteiger partial charge in [0.05, 0.1) is 0 Å². The Morgan fingerprint density at radius 2 is 2.15 bits per heavy atom. The van der Waals surface area contributed by atoms with Crippen LogP contribution in [-0.2, 0) is 27.8 Å². The lowest BCUT2D eigenvalue weighted by molar-refractivity contribution is -0.117. The number of carbonyl (C=O) groups is 1. The van der Waals surface area contributed by atoms with E-state index < -0.39 is 39.9 Å². The number of amides is 1. The highest BCUT2D eigenvalue weighted by Crippen LogP contribution is 2.40. The van der Waals surface area contributed by atoms with Crippen LogP contribution < -0.4 is 9.03 Å².